The summed E-state index contributed by atoms with van der Waals surface area (Å²) in [5.41, 5.74) is 2.63. The topological polar surface area (TPSA) is 90.9 Å². The highest BCUT2D eigenvalue weighted by molar-refractivity contribution is 6.57. The number of nitrogens with one attached hydrogen (secondary N) is 1. The van der Waals surface area contributed by atoms with E-state index in [0.29, 0.717) is 28.9 Å². The molecule has 1 heterocycles. The highest BCUT2D eigenvalue weighted by Crippen LogP contribution is 2.42. The number of allylic oxidation sites excluding steroid dienone is 2. The molecule has 7 nitrogen and oxygen atoms in total. The van der Waals surface area contributed by atoms with Gasteiger partial charge in [-0.05, 0) is 46.1 Å². The Morgan fingerprint density at radius 1 is 1.31 bits per heavy atom. The number of carbonyl (C=O) groups is 3. The van der Waals surface area contributed by atoms with E-state index in [9.17, 15) is 18.8 Å². The number of cyclic esters (lactones) is 1. The predicted octanol–water partition coefficient (Wildman–Crippen LogP) is 4.93. The molecule has 1 aliphatic rings. The fourth-order valence-electron chi connectivity index (χ4n) is 3.37. The van der Waals surface area contributed by atoms with Crippen molar-refractivity contribution in [1.29, 1.82) is 0 Å². The number of fused-ring (bicyclic) bond motifs is 1. The molecule has 0 bridgehead atoms. The minimum Gasteiger partial charge on any atom is -0.496 e. The number of methoxy groups -OCH3 is 1. The minimum absolute atomic E-state index is 0.00510. The van der Waals surface area contributed by atoms with Gasteiger partial charge in [0.2, 0.25) is 0 Å². The van der Waals surface area contributed by atoms with Crippen molar-refractivity contribution in [3.05, 3.63) is 33.9 Å². The molecule has 0 fully saturated rings. The van der Waals surface area contributed by atoms with Crippen LogP contribution in [-0.2, 0) is 32.1 Å². The zero-order valence-electron chi connectivity index (χ0n) is 18.6. The summed E-state index contributed by atoms with van der Waals surface area (Å²) in [6.45, 7) is 7.14. The van der Waals surface area contributed by atoms with Gasteiger partial charge in [0, 0.05) is 17.5 Å². The van der Waals surface area contributed by atoms with Crippen LogP contribution in [0.3, 0.4) is 0 Å². The number of anilines is 1. The van der Waals surface area contributed by atoms with Crippen LogP contribution in [-0.4, -0.2) is 35.6 Å². The number of hydrogen-bond acceptors (Lipinski definition) is 6. The smallest absolute Gasteiger partial charge is 0.341 e. The summed E-state index contributed by atoms with van der Waals surface area (Å²) >= 11 is 10.6. The molecule has 1 aliphatic heterocycles. The van der Waals surface area contributed by atoms with E-state index in [-0.39, 0.29) is 42.8 Å². The SMILES string of the molecule is COc1c(C)c2c(c(NC(=O)C(F)(Cl)Cl)c1CC=C(C)CCC(=O)OC(C)C)C(=O)OC2. The van der Waals surface area contributed by atoms with Crippen molar-refractivity contribution in [3.8, 4) is 5.75 Å². The van der Waals surface area contributed by atoms with E-state index in [4.69, 9.17) is 37.4 Å². The molecule has 32 heavy (non-hydrogen) atoms. The molecule has 1 aromatic rings. The quantitative estimate of drug-likeness (QED) is 0.300. The van der Waals surface area contributed by atoms with Gasteiger partial charge in [-0.1, -0.05) is 34.9 Å². The van der Waals surface area contributed by atoms with Crippen LogP contribution in [0, 0.1) is 6.92 Å². The maximum Gasteiger partial charge on any atom is 0.341 e. The van der Waals surface area contributed by atoms with Crippen LogP contribution in [0.4, 0.5) is 10.1 Å². The fourth-order valence-corrected chi connectivity index (χ4v) is 3.47. The number of benzene rings is 1. The van der Waals surface area contributed by atoms with Gasteiger partial charge in [-0.2, -0.15) is 4.39 Å². The minimum atomic E-state index is -3.20. The lowest BCUT2D eigenvalue weighted by molar-refractivity contribution is -0.147. The van der Waals surface area contributed by atoms with Crippen LogP contribution in [0.25, 0.3) is 0 Å². The Kier molecular flexibility index (Phi) is 8.54. The molecule has 0 unspecified atom stereocenters. The predicted molar refractivity (Wildman–Crippen MR) is 119 cm³/mol. The highest BCUT2D eigenvalue weighted by atomic mass is 35.5. The average molecular weight is 490 g/mol. The van der Waals surface area contributed by atoms with E-state index in [0.717, 1.165) is 5.57 Å². The van der Waals surface area contributed by atoms with Crippen molar-refractivity contribution in [3.63, 3.8) is 0 Å². The summed E-state index contributed by atoms with van der Waals surface area (Å²) in [5, 5.41) is 2.32. The van der Waals surface area contributed by atoms with Crippen LogP contribution < -0.4 is 10.1 Å². The number of alkyl halides is 3. The van der Waals surface area contributed by atoms with Gasteiger partial charge in [0.15, 0.2) is 0 Å². The van der Waals surface area contributed by atoms with Crippen molar-refractivity contribution >= 4 is 46.7 Å². The van der Waals surface area contributed by atoms with Crippen molar-refractivity contribution in [2.24, 2.45) is 0 Å². The molecule has 1 N–H and O–H groups in total. The average Bonchev–Trinajstić information content (AvgIpc) is 3.07. The van der Waals surface area contributed by atoms with Crippen molar-refractivity contribution in [1.82, 2.24) is 0 Å². The number of ether oxygens (including phenoxy) is 3. The summed E-state index contributed by atoms with van der Waals surface area (Å²) in [5.74, 6) is -1.90. The molecule has 10 heteroatoms. The summed E-state index contributed by atoms with van der Waals surface area (Å²) < 4.78 is 26.4. The third kappa shape index (κ3) is 6.13. The van der Waals surface area contributed by atoms with Gasteiger partial charge in [0.25, 0.3) is 5.91 Å². The second-order valence-corrected chi connectivity index (χ2v) is 8.92. The molecule has 0 saturated heterocycles. The molecule has 1 aromatic carbocycles. The molecule has 0 aliphatic carbocycles. The normalized spacial score (nSPS) is 13.7. The number of hydrogen-bond donors (Lipinski definition) is 1. The Bertz CT molecular complexity index is 953. The Labute approximate surface area is 196 Å². The van der Waals surface area contributed by atoms with Gasteiger partial charge in [-0.15, -0.1) is 0 Å². The number of halogens is 3. The van der Waals surface area contributed by atoms with Crippen molar-refractivity contribution in [2.45, 2.75) is 64.3 Å². The molecular formula is C22H26Cl2FNO6. The molecule has 2 rings (SSSR count). The highest BCUT2D eigenvalue weighted by Gasteiger charge is 2.38. The first kappa shape index (κ1) is 25.9. The number of rotatable bonds is 9. The number of esters is 2. The third-order valence-corrected chi connectivity index (χ3v) is 5.26. The monoisotopic (exact) mass is 489 g/mol. The van der Waals surface area contributed by atoms with Gasteiger partial charge in [-0.25, -0.2) is 4.79 Å². The van der Waals surface area contributed by atoms with E-state index in [1.165, 1.54) is 7.11 Å². The van der Waals surface area contributed by atoms with Crippen LogP contribution in [0.2, 0.25) is 0 Å². The zero-order valence-corrected chi connectivity index (χ0v) is 20.1. The second kappa shape index (κ2) is 10.5. The van der Waals surface area contributed by atoms with E-state index in [1.54, 1.807) is 20.8 Å². The molecule has 176 valence electrons. The van der Waals surface area contributed by atoms with E-state index >= 15 is 0 Å². The first-order valence-corrected chi connectivity index (χ1v) is 10.7. The fraction of sp³-hybridized carbons (Fsp3) is 0.500. The Hall–Kier alpha value is -2.32. The Morgan fingerprint density at radius 3 is 2.53 bits per heavy atom. The Morgan fingerprint density at radius 2 is 1.97 bits per heavy atom. The standard InChI is InChI=1S/C22H26Cl2FNO6/c1-11(2)32-16(27)9-7-12(3)6-8-14-18(26-21(29)22(23,24)25)17-15(10-31-20(17)28)13(4)19(14)30-5/h6,11H,7-10H2,1-5H3,(H,26,29). The first-order chi connectivity index (χ1) is 14.9. The molecule has 0 aromatic heterocycles. The van der Waals surface area contributed by atoms with Gasteiger partial charge < -0.3 is 19.5 Å². The molecule has 0 atom stereocenters. The van der Waals surface area contributed by atoms with Gasteiger partial charge in [0.1, 0.15) is 12.4 Å². The molecule has 1 amide bonds. The van der Waals surface area contributed by atoms with E-state index in [1.807, 2.05) is 13.0 Å². The number of carbonyl (C=O) groups excluding carboxylic acids is 3. The summed E-state index contributed by atoms with van der Waals surface area (Å²) in [7, 11) is 1.45. The zero-order chi connectivity index (χ0) is 24.2. The lowest BCUT2D eigenvalue weighted by Gasteiger charge is -2.20. The maximum absolute atomic E-state index is 13.8. The molecular weight excluding hydrogens is 464 g/mol. The summed E-state index contributed by atoms with van der Waals surface area (Å²) in [6.07, 6.45) is 2.52. The molecule has 0 saturated carbocycles. The lowest BCUT2D eigenvalue weighted by Crippen LogP contribution is -2.29. The van der Waals surface area contributed by atoms with Gasteiger partial charge in [0.05, 0.1) is 24.5 Å². The Balaban J connectivity index is 2.43. The number of amides is 1. The summed E-state index contributed by atoms with van der Waals surface area (Å²) in [6, 6.07) is 0. The van der Waals surface area contributed by atoms with Crippen molar-refractivity contribution in [2.75, 3.05) is 12.4 Å². The maximum atomic E-state index is 13.8. The van der Waals surface area contributed by atoms with Gasteiger partial charge >= 0.3 is 16.5 Å². The van der Waals surface area contributed by atoms with Crippen LogP contribution >= 0.6 is 23.2 Å². The van der Waals surface area contributed by atoms with Crippen LogP contribution in [0.15, 0.2) is 11.6 Å². The van der Waals surface area contributed by atoms with Crippen LogP contribution in [0.5, 0.6) is 5.75 Å². The lowest BCUT2D eigenvalue weighted by atomic mass is 9.93. The van der Waals surface area contributed by atoms with Crippen molar-refractivity contribution < 1.29 is 33.0 Å². The second-order valence-electron chi connectivity index (χ2n) is 7.69. The van der Waals surface area contributed by atoms with E-state index < -0.39 is 16.5 Å². The summed E-state index contributed by atoms with van der Waals surface area (Å²) in [4.78, 5) is 36.3. The van der Waals surface area contributed by atoms with Gasteiger partial charge in [-0.3, -0.25) is 9.59 Å². The van der Waals surface area contributed by atoms with Crippen LogP contribution in [0.1, 0.15) is 60.7 Å². The molecule has 0 radical (unpaired) electrons. The first-order valence-electron chi connectivity index (χ1n) is 9.99. The molecule has 0 spiro atoms. The third-order valence-electron chi connectivity index (χ3n) is 4.92. The van der Waals surface area contributed by atoms with E-state index in [2.05, 4.69) is 5.32 Å². The largest absolute Gasteiger partial charge is 0.496 e.